The first-order valence-electron chi connectivity index (χ1n) is 4.20. The monoisotopic (exact) mass is 198 g/mol. The lowest BCUT2D eigenvalue weighted by molar-refractivity contribution is -0.139. The lowest BCUT2D eigenvalue weighted by Gasteiger charge is -2.18. The molecule has 5 heteroatoms. The van der Waals surface area contributed by atoms with Gasteiger partial charge in [-0.2, -0.15) is 0 Å². The SMILES string of the molecule is C#CCN(C)C(=O)N[C@@H](CC)C(=O)O. The number of carbonyl (C=O) groups excluding carboxylic acids is 1. The van der Waals surface area contributed by atoms with Gasteiger partial charge >= 0.3 is 12.0 Å². The van der Waals surface area contributed by atoms with Crippen molar-refractivity contribution in [2.45, 2.75) is 19.4 Å². The van der Waals surface area contributed by atoms with Gasteiger partial charge in [0.2, 0.25) is 0 Å². The quantitative estimate of drug-likeness (QED) is 0.630. The van der Waals surface area contributed by atoms with Gasteiger partial charge in [-0.05, 0) is 6.42 Å². The highest BCUT2D eigenvalue weighted by atomic mass is 16.4. The van der Waals surface area contributed by atoms with Crippen molar-refractivity contribution in [1.29, 1.82) is 0 Å². The van der Waals surface area contributed by atoms with Crippen molar-refractivity contribution >= 4 is 12.0 Å². The summed E-state index contributed by atoms with van der Waals surface area (Å²) in [5, 5.41) is 11.0. The molecule has 2 N–H and O–H groups in total. The molecule has 0 spiro atoms. The second-order valence-electron chi connectivity index (χ2n) is 2.81. The fourth-order valence-electron chi connectivity index (χ4n) is 0.806. The Balaban J connectivity index is 4.16. The summed E-state index contributed by atoms with van der Waals surface area (Å²) in [4.78, 5) is 23.1. The zero-order valence-electron chi connectivity index (χ0n) is 8.28. The van der Waals surface area contributed by atoms with Crippen LogP contribution in [0.3, 0.4) is 0 Å². The summed E-state index contributed by atoms with van der Waals surface area (Å²) in [6.45, 7) is 1.84. The molecule has 0 rings (SSSR count). The first kappa shape index (κ1) is 12.3. The van der Waals surface area contributed by atoms with E-state index in [9.17, 15) is 9.59 Å². The third kappa shape index (κ3) is 3.81. The molecule has 14 heavy (non-hydrogen) atoms. The molecule has 0 bridgehead atoms. The standard InChI is InChI=1S/C9H14N2O3/c1-4-6-11(3)9(14)10-7(5-2)8(12)13/h1,7H,5-6H2,2-3H3,(H,10,14)(H,12,13)/t7-/m0/s1. The predicted octanol–water partition coefficient (Wildman–Crippen LogP) is 0.124. The molecule has 0 aromatic heterocycles. The number of nitrogens with zero attached hydrogens (tertiary/aromatic N) is 1. The predicted molar refractivity (Wildman–Crippen MR) is 51.7 cm³/mol. The van der Waals surface area contributed by atoms with Crippen LogP contribution in [0.15, 0.2) is 0 Å². The molecule has 0 unspecified atom stereocenters. The van der Waals surface area contributed by atoms with Gasteiger partial charge in [-0.3, -0.25) is 0 Å². The highest BCUT2D eigenvalue weighted by Crippen LogP contribution is 1.93. The van der Waals surface area contributed by atoms with Crippen molar-refractivity contribution in [2.75, 3.05) is 13.6 Å². The molecule has 0 aliphatic heterocycles. The maximum Gasteiger partial charge on any atom is 0.326 e. The Bertz CT molecular complexity index is 257. The summed E-state index contributed by atoms with van der Waals surface area (Å²) >= 11 is 0. The third-order valence-corrected chi connectivity index (χ3v) is 1.68. The van der Waals surface area contributed by atoms with E-state index in [1.807, 2.05) is 0 Å². The summed E-state index contributed by atoms with van der Waals surface area (Å²) < 4.78 is 0. The average molecular weight is 198 g/mol. The molecular formula is C9H14N2O3. The number of nitrogens with one attached hydrogen (secondary N) is 1. The van der Waals surface area contributed by atoms with Gasteiger partial charge in [0.1, 0.15) is 6.04 Å². The van der Waals surface area contributed by atoms with E-state index in [4.69, 9.17) is 11.5 Å². The van der Waals surface area contributed by atoms with Crippen LogP contribution in [0.1, 0.15) is 13.3 Å². The van der Waals surface area contributed by atoms with Crippen LogP contribution < -0.4 is 5.32 Å². The van der Waals surface area contributed by atoms with Crippen LogP contribution in [0.4, 0.5) is 4.79 Å². The lowest BCUT2D eigenvalue weighted by atomic mass is 10.2. The normalized spacial score (nSPS) is 11.2. The maximum absolute atomic E-state index is 11.3. The van der Waals surface area contributed by atoms with Crippen LogP contribution in [-0.4, -0.2) is 41.6 Å². The van der Waals surface area contributed by atoms with Crippen molar-refractivity contribution in [3.63, 3.8) is 0 Å². The summed E-state index contributed by atoms with van der Waals surface area (Å²) in [5.41, 5.74) is 0. The highest BCUT2D eigenvalue weighted by Gasteiger charge is 2.18. The summed E-state index contributed by atoms with van der Waals surface area (Å²) in [5.74, 6) is 1.24. The first-order valence-corrected chi connectivity index (χ1v) is 4.20. The number of hydrogen-bond donors (Lipinski definition) is 2. The van der Waals surface area contributed by atoms with Gasteiger partial charge in [-0.1, -0.05) is 12.8 Å². The van der Waals surface area contributed by atoms with Crippen LogP contribution in [0.25, 0.3) is 0 Å². The minimum absolute atomic E-state index is 0.155. The second-order valence-corrected chi connectivity index (χ2v) is 2.81. The Hall–Kier alpha value is -1.70. The molecule has 5 nitrogen and oxygen atoms in total. The number of urea groups is 1. The van der Waals surface area contributed by atoms with E-state index >= 15 is 0 Å². The zero-order chi connectivity index (χ0) is 11.1. The van der Waals surface area contributed by atoms with Gasteiger partial charge in [0.25, 0.3) is 0 Å². The van der Waals surface area contributed by atoms with Crippen molar-refractivity contribution < 1.29 is 14.7 Å². The van der Waals surface area contributed by atoms with Gasteiger partial charge in [0, 0.05) is 7.05 Å². The molecule has 0 aliphatic carbocycles. The largest absolute Gasteiger partial charge is 0.480 e. The van der Waals surface area contributed by atoms with Crippen molar-refractivity contribution in [3.05, 3.63) is 0 Å². The number of carboxylic acid groups (broad SMARTS) is 1. The molecule has 0 saturated carbocycles. The van der Waals surface area contributed by atoms with Gasteiger partial charge in [0.05, 0.1) is 6.54 Å². The third-order valence-electron chi connectivity index (χ3n) is 1.68. The van der Waals surface area contributed by atoms with Gasteiger partial charge in [-0.15, -0.1) is 6.42 Å². The lowest BCUT2D eigenvalue weighted by Crippen LogP contribution is -2.46. The molecule has 78 valence electrons. The number of hydrogen-bond acceptors (Lipinski definition) is 2. The molecule has 0 aromatic carbocycles. The fraction of sp³-hybridized carbons (Fsp3) is 0.556. The molecule has 0 saturated heterocycles. The molecule has 0 fully saturated rings. The molecule has 2 amide bonds. The van der Waals surface area contributed by atoms with Crippen LogP contribution in [0.2, 0.25) is 0 Å². The van der Waals surface area contributed by atoms with E-state index < -0.39 is 18.0 Å². The van der Waals surface area contributed by atoms with Crippen LogP contribution >= 0.6 is 0 Å². The van der Waals surface area contributed by atoms with E-state index in [2.05, 4.69) is 11.2 Å². The Labute approximate surface area is 83.1 Å². The van der Waals surface area contributed by atoms with Gasteiger partial charge in [-0.25, -0.2) is 9.59 Å². The maximum atomic E-state index is 11.3. The Morgan fingerprint density at radius 3 is 2.57 bits per heavy atom. The van der Waals surface area contributed by atoms with E-state index in [0.717, 1.165) is 0 Å². The summed E-state index contributed by atoms with van der Waals surface area (Å²) in [6, 6.07) is -1.33. The van der Waals surface area contributed by atoms with Gasteiger partial charge < -0.3 is 15.3 Å². The van der Waals surface area contributed by atoms with Crippen molar-refractivity contribution in [1.82, 2.24) is 10.2 Å². The van der Waals surface area contributed by atoms with Crippen LogP contribution in [0.5, 0.6) is 0 Å². The zero-order valence-corrected chi connectivity index (χ0v) is 8.28. The van der Waals surface area contributed by atoms with Crippen LogP contribution in [0, 0.1) is 12.3 Å². The highest BCUT2D eigenvalue weighted by molar-refractivity contribution is 5.82. The second kappa shape index (κ2) is 5.86. The van der Waals surface area contributed by atoms with Crippen LogP contribution in [-0.2, 0) is 4.79 Å². The van der Waals surface area contributed by atoms with E-state index in [-0.39, 0.29) is 6.54 Å². The molecular weight excluding hydrogens is 184 g/mol. The summed E-state index contributed by atoms with van der Waals surface area (Å²) in [7, 11) is 1.50. The Kier molecular flexibility index (Phi) is 5.15. The minimum Gasteiger partial charge on any atom is -0.480 e. The number of rotatable bonds is 4. The Morgan fingerprint density at radius 1 is 1.64 bits per heavy atom. The number of aliphatic carboxylic acids is 1. The van der Waals surface area contributed by atoms with Crippen molar-refractivity contribution in [2.24, 2.45) is 0 Å². The Morgan fingerprint density at radius 2 is 2.21 bits per heavy atom. The number of terminal acetylenes is 1. The number of amides is 2. The number of carboxylic acids is 1. The van der Waals surface area contributed by atoms with Crippen molar-refractivity contribution in [3.8, 4) is 12.3 Å². The molecule has 0 aliphatic rings. The smallest absolute Gasteiger partial charge is 0.326 e. The van der Waals surface area contributed by atoms with E-state index in [1.54, 1.807) is 6.92 Å². The number of carbonyl (C=O) groups is 2. The average Bonchev–Trinajstić information content (AvgIpc) is 2.13. The minimum atomic E-state index is -1.05. The topological polar surface area (TPSA) is 69.6 Å². The van der Waals surface area contributed by atoms with E-state index in [0.29, 0.717) is 6.42 Å². The van der Waals surface area contributed by atoms with E-state index in [1.165, 1.54) is 11.9 Å². The van der Waals surface area contributed by atoms with Gasteiger partial charge in [0.15, 0.2) is 0 Å². The molecule has 0 radical (unpaired) electrons. The molecule has 0 aromatic rings. The first-order chi connectivity index (χ1) is 6.52. The fourth-order valence-corrected chi connectivity index (χ4v) is 0.806. The molecule has 1 atom stereocenters. The molecule has 0 heterocycles. The summed E-state index contributed by atoms with van der Waals surface area (Å²) in [6.07, 6.45) is 5.34.